The van der Waals surface area contributed by atoms with Gasteiger partial charge in [-0.2, -0.15) is 0 Å². The maximum atomic E-state index is 12.1. The number of carbonyl (C=O) groups is 4. The molecule has 0 aliphatic heterocycles. The van der Waals surface area contributed by atoms with Crippen LogP contribution < -0.4 is 16.4 Å². The molecule has 0 unspecified atom stereocenters. The average Bonchev–Trinajstić information content (AvgIpc) is 2.45. The first-order valence-corrected chi connectivity index (χ1v) is 7.49. The van der Waals surface area contributed by atoms with E-state index in [4.69, 9.17) is 15.9 Å². The molecule has 0 aliphatic rings. The average molecular weight is 331 g/mol. The molecule has 132 valence electrons. The van der Waals surface area contributed by atoms with Gasteiger partial charge in [-0.05, 0) is 32.6 Å². The van der Waals surface area contributed by atoms with E-state index in [-0.39, 0.29) is 25.2 Å². The standard InChI is InChI=1S/C14H25N3O6/c1-3-5-11(18)17-10(7-4-6-9(15)14(22)23)12(19)16-8(2)13(20)21/h8-10H,3-7,15H2,1-2H3,(H,16,19)(H,17,18)(H,20,21)(H,22,23)/t8-,9-,10+/m1/s1. The van der Waals surface area contributed by atoms with E-state index in [1.54, 1.807) is 0 Å². The van der Waals surface area contributed by atoms with Crippen molar-refractivity contribution >= 4 is 23.8 Å². The van der Waals surface area contributed by atoms with Crippen molar-refractivity contribution in [3.8, 4) is 0 Å². The Labute approximate surface area is 134 Å². The third-order valence-electron chi connectivity index (χ3n) is 3.18. The smallest absolute Gasteiger partial charge is 0.325 e. The van der Waals surface area contributed by atoms with Gasteiger partial charge in [0.05, 0.1) is 0 Å². The fraction of sp³-hybridized carbons (Fsp3) is 0.714. The van der Waals surface area contributed by atoms with Gasteiger partial charge in [0.1, 0.15) is 18.1 Å². The first kappa shape index (κ1) is 20.8. The molecule has 0 saturated carbocycles. The van der Waals surface area contributed by atoms with E-state index in [0.29, 0.717) is 12.8 Å². The van der Waals surface area contributed by atoms with Crippen molar-refractivity contribution in [1.29, 1.82) is 0 Å². The van der Waals surface area contributed by atoms with Crippen LogP contribution in [0.2, 0.25) is 0 Å². The zero-order valence-corrected chi connectivity index (χ0v) is 13.4. The lowest BCUT2D eigenvalue weighted by molar-refractivity contribution is -0.142. The van der Waals surface area contributed by atoms with Crippen LogP contribution in [0, 0.1) is 0 Å². The molecule has 0 saturated heterocycles. The SMILES string of the molecule is CCCC(=O)N[C@@H](CCC[C@@H](N)C(=O)O)C(=O)N[C@H](C)C(=O)O. The van der Waals surface area contributed by atoms with Crippen LogP contribution in [-0.4, -0.2) is 52.1 Å². The number of carbonyl (C=O) groups excluding carboxylic acids is 2. The molecule has 0 aromatic heterocycles. The highest BCUT2D eigenvalue weighted by atomic mass is 16.4. The Bertz CT molecular complexity index is 440. The van der Waals surface area contributed by atoms with Gasteiger partial charge in [-0.3, -0.25) is 19.2 Å². The summed E-state index contributed by atoms with van der Waals surface area (Å²) in [6.45, 7) is 3.12. The maximum absolute atomic E-state index is 12.1. The second-order valence-electron chi connectivity index (χ2n) is 5.31. The number of aliphatic carboxylic acids is 2. The summed E-state index contributed by atoms with van der Waals surface area (Å²) in [5.74, 6) is -3.27. The highest BCUT2D eigenvalue weighted by molar-refractivity contribution is 5.90. The molecule has 0 radical (unpaired) electrons. The van der Waals surface area contributed by atoms with Gasteiger partial charge in [-0.15, -0.1) is 0 Å². The number of amides is 2. The molecule has 0 fully saturated rings. The van der Waals surface area contributed by atoms with Crippen LogP contribution >= 0.6 is 0 Å². The van der Waals surface area contributed by atoms with Crippen molar-refractivity contribution in [3.05, 3.63) is 0 Å². The third kappa shape index (κ3) is 8.77. The molecule has 0 rings (SSSR count). The minimum atomic E-state index is -1.19. The van der Waals surface area contributed by atoms with Crippen molar-refractivity contribution in [2.75, 3.05) is 0 Å². The number of rotatable bonds is 11. The van der Waals surface area contributed by atoms with Gasteiger partial charge in [0.25, 0.3) is 0 Å². The highest BCUT2D eigenvalue weighted by Gasteiger charge is 2.24. The topological polar surface area (TPSA) is 159 Å². The molecule has 0 bridgehead atoms. The molecular weight excluding hydrogens is 306 g/mol. The number of hydrogen-bond donors (Lipinski definition) is 5. The van der Waals surface area contributed by atoms with Crippen molar-refractivity contribution in [2.24, 2.45) is 5.73 Å². The van der Waals surface area contributed by atoms with E-state index >= 15 is 0 Å². The summed E-state index contributed by atoms with van der Waals surface area (Å²) < 4.78 is 0. The van der Waals surface area contributed by atoms with Crippen LogP contribution in [0.3, 0.4) is 0 Å². The molecule has 9 heteroatoms. The van der Waals surface area contributed by atoms with Gasteiger partial charge in [0, 0.05) is 6.42 Å². The van der Waals surface area contributed by atoms with Crippen LogP contribution in [-0.2, 0) is 19.2 Å². The Morgan fingerprint density at radius 1 is 1.04 bits per heavy atom. The molecule has 23 heavy (non-hydrogen) atoms. The largest absolute Gasteiger partial charge is 0.480 e. The second kappa shape index (κ2) is 10.5. The molecular formula is C14H25N3O6. The molecule has 0 aromatic rings. The Hall–Kier alpha value is -2.16. The van der Waals surface area contributed by atoms with E-state index in [0.717, 1.165) is 0 Å². The van der Waals surface area contributed by atoms with E-state index in [1.165, 1.54) is 6.92 Å². The van der Waals surface area contributed by atoms with Gasteiger partial charge in [-0.1, -0.05) is 6.92 Å². The molecule has 9 nitrogen and oxygen atoms in total. The normalized spacial score (nSPS) is 14.4. The number of hydrogen-bond acceptors (Lipinski definition) is 5. The Morgan fingerprint density at radius 2 is 1.65 bits per heavy atom. The van der Waals surface area contributed by atoms with Crippen molar-refractivity contribution in [1.82, 2.24) is 10.6 Å². The minimum absolute atomic E-state index is 0.150. The lowest BCUT2D eigenvalue weighted by atomic mass is 10.0. The van der Waals surface area contributed by atoms with Crippen molar-refractivity contribution in [2.45, 2.75) is 64.1 Å². The summed E-state index contributed by atoms with van der Waals surface area (Å²) in [6.07, 6.45) is 1.48. The summed E-state index contributed by atoms with van der Waals surface area (Å²) >= 11 is 0. The number of nitrogens with one attached hydrogen (secondary N) is 2. The molecule has 0 heterocycles. The monoisotopic (exact) mass is 331 g/mol. The molecule has 6 N–H and O–H groups in total. The van der Waals surface area contributed by atoms with Gasteiger partial charge >= 0.3 is 11.9 Å². The third-order valence-corrected chi connectivity index (χ3v) is 3.18. The maximum Gasteiger partial charge on any atom is 0.325 e. The lowest BCUT2D eigenvalue weighted by Crippen LogP contribution is -2.50. The fourth-order valence-corrected chi connectivity index (χ4v) is 1.80. The Kier molecular flexibility index (Phi) is 9.56. The lowest BCUT2D eigenvalue weighted by Gasteiger charge is -2.20. The van der Waals surface area contributed by atoms with E-state index in [9.17, 15) is 19.2 Å². The molecule has 3 atom stereocenters. The van der Waals surface area contributed by atoms with Gasteiger partial charge in [-0.25, -0.2) is 0 Å². The van der Waals surface area contributed by atoms with E-state index in [2.05, 4.69) is 10.6 Å². The first-order chi connectivity index (χ1) is 10.7. The van der Waals surface area contributed by atoms with Crippen LogP contribution in [0.4, 0.5) is 0 Å². The van der Waals surface area contributed by atoms with Crippen LogP contribution in [0.25, 0.3) is 0 Å². The Morgan fingerprint density at radius 3 is 2.13 bits per heavy atom. The van der Waals surface area contributed by atoms with E-state index < -0.39 is 36.0 Å². The predicted octanol–water partition coefficient (Wildman–Crippen LogP) is -0.557. The zero-order chi connectivity index (χ0) is 18.0. The minimum Gasteiger partial charge on any atom is -0.480 e. The van der Waals surface area contributed by atoms with Gasteiger partial charge in [0.2, 0.25) is 11.8 Å². The second-order valence-corrected chi connectivity index (χ2v) is 5.31. The Balaban J connectivity index is 4.67. The molecule has 0 spiro atoms. The van der Waals surface area contributed by atoms with Crippen LogP contribution in [0.15, 0.2) is 0 Å². The summed E-state index contributed by atoms with van der Waals surface area (Å²) in [5, 5.41) is 22.3. The van der Waals surface area contributed by atoms with E-state index in [1.807, 2.05) is 6.92 Å². The quantitative estimate of drug-likeness (QED) is 0.339. The summed E-state index contributed by atoms with van der Waals surface area (Å²) in [7, 11) is 0. The fourth-order valence-electron chi connectivity index (χ4n) is 1.80. The number of carboxylic acids is 2. The summed E-state index contributed by atoms with van der Waals surface area (Å²) in [6, 6.07) is -3.05. The number of carboxylic acid groups (broad SMARTS) is 2. The van der Waals surface area contributed by atoms with Gasteiger partial charge < -0.3 is 26.6 Å². The first-order valence-electron chi connectivity index (χ1n) is 7.49. The molecule has 0 aliphatic carbocycles. The van der Waals surface area contributed by atoms with Crippen LogP contribution in [0.1, 0.15) is 46.0 Å². The summed E-state index contributed by atoms with van der Waals surface area (Å²) in [5.41, 5.74) is 5.38. The highest BCUT2D eigenvalue weighted by Crippen LogP contribution is 2.05. The molecule has 2 amide bonds. The summed E-state index contributed by atoms with van der Waals surface area (Å²) in [4.78, 5) is 45.2. The van der Waals surface area contributed by atoms with Crippen molar-refractivity contribution < 1.29 is 29.4 Å². The number of nitrogens with two attached hydrogens (primary N) is 1. The zero-order valence-electron chi connectivity index (χ0n) is 13.4. The molecule has 0 aromatic carbocycles. The predicted molar refractivity (Wildman–Crippen MR) is 81.5 cm³/mol. The van der Waals surface area contributed by atoms with Gasteiger partial charge in [0.15, 0.2) is 0 Å². The van der Waals surface area contributed by atoms with Crippen LogP contribution in [0.5, 0.6) is 0 Å². The van der Waals surface area contributed by atoms with Crippen molar-refractivity contribution in [3.63, 3.8) is 0 Å².